The van der Waals surface area contributed by atoms with Gasteiger partial charge >= 0.3 is 6.09 Å². The van der Waals surface area contributed by atoms with Crippen molar-refractivity contribution < 1.29 is 9.53 Å². The van der Waals surface area contributed by atoms with Crippen LogP contribution >= 0.6 is 0 Å². The van der Waals surface area contributed by atoms with E-state index in [2.05, 4.69) is 70.9 Å². The Hall–Kier alpha value is -4.14. The highest BCUT2D eigenvalue weighted by Crippen LogP contribution is 2.24. The SMILES string of the molecule is C=C(C)n1cnc2c(NCc3ccccc3)nc(N[C@H](CC)COC(=O)NCCCCCCCC/C=C\C/C=C\CCCCC)nc21. The van der Waals surface area contributed by atoms with E-state index < -0.39 is 6.09 Å². The Morgan fingerprint density at radius 1 is 0.936 bits per heavy atom. The van der Waals surface area contributed by atoms with Gasteiger partial charge in [0.25, 0.3) is 0 Å². The molecule has 1 aromatic carbocycles. The minimum atomic E-state index is -0.394. The first-order valence-corrected chi connectivity index (χ1v) is 17.7. The monoisotopic (exact) mass is 643 g/mol. The molecule has 3 N–H and O–H groups in total. The Morgan fingerprint density at radius 3 is 2.34 bits per heavy atom. The molecule has 1 amide bonds. The van der Waals surface area contributed by atoms with Gasteiger partial charge in [0.15, 0.2) is 17.0 Å². The zero-order chi connectivity index (χ0) is 33.5. The second-order valence-electron chi connectivity index (χ2n) is 12.1. The van der Waals surface area contributed by atoms with Crippen molar-refractivity contribution in [2.45, 2.75) is 117 Å². The zero-order valence-corrected chi connectivity index (χ0v) is 29.0. The lowest BCUT2D eigenvalue weighted by molar-refractivity contribution is 0.140. The van der Waals surface area contributed by atoms with Crippen LogP contribution < -0.4 is 16.0 Å². The summed E-state index contributed by atoms with van der Waals surface area (Å²) in [6, 6.07) is 9.98. The van der Waals surface area contributed by atoms with Gasteiger partial charge in [0.1, 0.15) is 12.9 Å². The molecule has 0 aliphatic heterocycles. The second-order valence-corrected chi connectivity index (χ2v) is 12.1. The van der Waals surface area contributed by atoms with Gasteiger partial charge in [-0.1, -0.05) is 114 Å². The third-order valence-electron chi connectivity index (χ3n) is 8.00. The van der Waals surface area contributed by atoms with E-state index in [1.54, 1.807) is 6.33 Å². The zero-order valence-electron chi connectivity index (χ0n) is 29.0. The number of carbonyl (C=O) groups excluding carboxylic acids is 1. The van der Waals surface area contributed by atoms with Crippen molar-refractivity contribution in [2.75, 3.05) is 23.8 Å². The molecule has 0 radical (unpaired) electrons. The first kappa shape index (κ1) is 37.3. The number of amides is 1. The van der Waals surface area contributed by atoms with Crippen LogP contribution in [0.1, 0.15) is 110 Å². The summed E-state index contributed by atoms with van der Waals surface area (Å²) in [5.41, 5.74) is 3.27. The Balaban J connectivity index is 1.32. The second kappa shape index (κ2) is 22.4. The summed E-state index contributed by atoms with van der Waals surface area (Å²) in [5.74, 6) is 1.07. The smallest absolute Gasteiger partial charge is 0.407 e. The summed E-state index contributed by atoms with van der Waals surface area (Å²) in [6.45, 7) is 11.7. The summed E-state index contributed by atoms with van der Waals surface area (Å²) in [5, 5.41) is 9.65. The van der Waals surface area contributed by atoms with Crippen LogP contribution in [0, 0.1) is 0 Å². The number of hydrogen-bond acceptors (Lipinski definition) is 7. The normalized spacial score (nSPS) is 12.1. The Labute approximate surface area is 282 Å². The van der Waals surface area contributed by atoms with Crippen LogP contribution in [0.25, 0.3) is 16.9 Å². The van der Waals surface area contributed by atoms with Gasteiger partial charge in [0, 0.05) is 18.8 Å². The number of benzene rings is 1. The Kier molecular flexibility index (Phi) is 17.8. The van der Waals surface area contributed by atoms with E-state index in [-0.39, 0.29) is 12.6 Å². The van der Waals surface area contributed by atoms with Crippen LogP contribution in [0.5, 0.6) is 0 Å². The summed E-state index contributed by atoms with van der Waals surface area (Å²) in [6.07, 6.45) is 25.6. The molecule has 0 saturated carbocycles. The molecule has 3 aromatic rings. The predicted molar refractivity (Wildman–Crippen MR) is 197 cm³/mol. The van der Waals surface area contributed by atoms with Crippen molar-refractivity contribution in [1.29, 1.82) is 0 Å². The summed E-state index contributed by atoms with van der Waals surface area (Å²) >= 11 is 0. The first-order chi connectivity index (χ1) is 23.0. The molecule has 0 aliphatic rings. The number of unbranched alkanes of at least 4 members (excludes halogenated alkanes) is 9. The molecular weight excluding hydrogens is 586 g/mol. The molecule has 0 unspecified atom stereocenters. The molecule has 47 heavy (non-hydrogen) atoms. The maximum atomic E-state index is 12.4. The number of aromatic nitrogens is 4. The predicted octanol–water partition coefficient (Wildman–Crippen LogP) is 9.66. The lowest BCUT2D eigenvalue weighted by Crippen LogP contribution is -2.32. The average molecular weight is 644 g/mol. The lowest BCUT2D eigenvalue weighted by atomic mass is 10.1. The molecular formula is C38H57N7O2. The van der Waals surface area contributed by atoms with Gasteiger partial charge in [-0.15, -0.1) is 0 Å². The quantitative estimate of drug-likeness (QED) is 0.0659. The Bertz CT molecular complexity index is 1380. The first-order valence-electron chi connectivity index (χ1n) is 17.7. The molecule has 0 spiro atoms. The van der Waals surface area contributed by atoms with Crippen LogP contribution in [0.3, 0.4) is 0 Å². The van der Waals surface area contributed by atoms with Gasteiger partial charge in [0.05, 0.1) is 6.04 Å². The lowest BCUT2D eigenvalue weighted by Gasteiger charge is -2.18. The third kappa shape index (κ3) is 14.4. The van der Waals surface area contributed by atoms with Crippen LogP contribution in [-0.4, -0.2) is 44.8 Å². The number of rotatable bonds is 24. The molecule has 0 aliphatic carbocycles. The maximum Gasteiger partial charge on any atom is 0.407 e. The van der Waals surface area contributed by atoms with Crippen molar-refractivity contribution in [2.24, 2.45) is 0 Å². The van der Waals surface area contributed by atoms with Crippen LogP contribution in [-0.2, 0) is 11.3 Å². The molecule has 2 aromatic heterocycles. The fourth-order valence-corrected chi connectivity index (χ4v) is 5.12. The molecule has 3 rings (SSSR count). The fraction of sp³-hybridized carbons (Fsp3) is 0.526. The molecule has 1 atom stereocenters. The number of nitrogens with one attached hydrogen (secondary N) is 3. The van der Waals surface area contributed by atoms with Crippen molar-refractivity contribution >= 4 is 34.7 Å². The largest absolute Gasteiger partial charge is 0.447 e. The molecule has 2 heterocycles. The Morgan fingerprint density at radius 2 is 1.64 bits per heavy atom. The van der Waals surface area contributed by atoms with Gasteiger partial charge in [-0.25, -0.2) is 9.78 Å². The van der Waals surface area contributed by atoms with Crippen molar-refractivity contribution in [3.8, 4) is 0 Å². The van der Waals surface area contributed by atoms with E-state index in [0.29, 0.717) is 36.0 Å². The van der Waals surface area contributed by atoms with E-state index in [1.807, 2.05) is 36.6 Å². The molecule has 0 fully saturated rings. The number of hydrogen-bond donors (Lipinski definition) is 3. The minimum Gasteiger partial charge on any atom is -0.447 e. The standard InChI is InChI=1S/C38H57N7O2/c1-5-7-8-9-10-11-12-13-14-15-16-17-18-19-20-24-27-39-38(46)47-29-33(6-2)42-37-43-35(40-28-32-25-22-21-23-26-32)34-36(44-37)45(30-41-34)31(3)4/h10-11,13-14,21-23,25-26,30,33H,3,5-9,12,15-20,24,27-29H2,1-2,4H3,(H,39,46)(H2,40,42,43,44)/b11-10-,14-13-/t33-/m1/s1. The number of fused-ring (bicyclic) bond motifs is 1. The highest BCUT2D eigenvalue weighted by atomic mass is 16.5. The van der Waals surface area contributed by atoms with Gasteiger partial charge in [-0.05, 0) is 57.4 Å². The molecule has 0 bridgehead atoms. The number of anilines is 2. The van der Waals surface area contributed by atoms with Gasteiger partial charge < -0.3 is 20.7 Å². The molecule has 9 heteroatoms. The van der Waals surface area contributed by atoms with Gasteiger partial charge in [-0.3, -0.25) is 4.57 Å². The molecule has 9 nitrogen and oxygen atoms in total. The van der Waals surface area contributed by atoms with E-state index in [9.17, 15) is 4.79 Å². The summed E-state index contributed by atoms with van der Waals surface area (Å²) < 4.78 is 7.38. The minimum absolute atomic E-state index is 0.150. The summed E-state index contributed by atoms with van der Waals surface area (Å²) in [4.78, 5) is 26.4. The topological polar surface area (TPSA) is 106 Å². The van der Waals surface area contributed by atoms with Crippen molar-refractivity contribution in [3.05, 3.63) is 73.1 Å². The number of imidazole rings is 1. The number of allylic oxidation sites excluding steroid dienone is 5. The van der Waals surface area contributed by atoms with E-state index >= 15 is 0 Å². The van der Waals surface area contributed by atoms with Gasteiger partial charge in [-0.2, -0.15) is 9.97 Å². The van der Waals surface area contributed by atoms with Crippen molar-refractivity contribution in [3.63, 3.8) is 0 Å². The maximum absolute atomic E-state index is 12.4. The number of nitrogens with zero attached hydrogens (tertiary/aromatic N) is 4. The summed E-state index contributed by atoms with van der Waals surface area (Å²) in [7, 11) is 0. The highest BCUT2D eigenvalue weighted by molar-refractivity contribution is 5.86. The molecule has 256 valence electrons. The van der Waals surface area contributed by atoms with E-state index in [4.69, 9.17) is 14.7 Å². The van der Waals surface area contributed by atoms with Crippen LogP contribution in [0.2, 0.25) is 0 Å². The van der Waals surface area contributed by atoms with Crippen molar-refractivity contribution in [1.82, 2.24) is 24.8 Å². The number of alkyl carbamates (subject to hydrolysis) is 1. The van der Waals surface area contributed by atoms with Crippen LogP contribution in [0.4, 0.5) is 16.6 Å². The number of carbonyl (C=O) groups is 1. The third-order valence-corrected chi connectivity index (χ3v) is 8.00. The van der Waals surface area contributed by atoms with Crippen LogP contribution in [0.15, 0.2) is 67.5 Å². The van der Waals surface area contributed by atoms with Gasteiger partial charge in [0.2, 0.25) is 5.95 Å². The van der Waals surface area contributed by atoms with E-state index in [0.717, 1.165) is 43.4 Å². The average Bonchev–Trinajstić information content (AvgIpc) is 3.52. The number of ether oxygens (including phenoxy) is 1. The fourth-order valence-electron chi connectivity index (χ4n) is 5.12. The molecule has 0 saturated heterocycles. The van der Waals surface area contributed by atoms with E-state index in [1.165, 1.54) is 51.4 Å². The highest BCUT2D eigenvalue weighted by Gasteiger charge is 2.17.